The summed E-state index contributed by atoms with van der Waals surface area (Å²) >= 11 is 0. The van der Waals surface area contributed by atoms with E-state index in [9.17, 15) is 0 Å². The molecule has 0 N–H and O–H groups in total. The first kappa shape index (κ1) is 26.2. The average Bonchev–Trinajstić information content (AvgIpc) is 2.33. The van der Waals surface area contributed by atoms with Crippen molar-refractivity contribution in [1.29, 1.82) is 0 Å². The first-order chi connectivity index (χ1) is 11.4. The van der Waals surface area contributed by atoms with Crippen molar-refractivity contribution in [3.05, 3.63) is 0 Å². The Morgan fingerprint density at radius 3 is 1.50 bits per heavy atom. The lowest BCUT2D eigenvalue weighted by atomic mass is 10.1. The molecule has 0 heterocycles. The average molecular weight is 438 g/mol. The molecule has 0 amide bonds. The second-order valence-electron chi connectivity index (χ2n) is 10.7. The van der Waals surface area contributed by atoms with E-state index < -0.39 is 33.3 Å². The van der Waals surface area contributed by atoms with Crippen LogP contribution in [0.15, 0.2) is 5.16 Å². The Labute approximate surface area is 166 Å². The van der Waals surface area contributed by atoms with Gasteiger partial charge in [-0.3, -0.25) is 0 Å². The van der Waals surface area contributed by atoms with E-state index in [4.69, 9.17) is 17.8 Å². The van der Waals surface area contributed by atoms with Crippen LogP contribution < -0.4 is 0 Å². The molecule has 0 rings (SSSR count). The zero-order valence-electron chi connectivity index (χ0n) is 19.2. The maximum atomic E-state index is 6.48. The van der Waals surface area contributed by atoms with Gasteiger partial charge in [0.15, 0.2) is 25.0 Å². The number of hydrogen-bond acceptors (Lipinski definition) is 5. The summed E-state index contributed by atoms with van der Waals surface area (Å²) in [6.45, 7) is 26.8. The van der Waals surface area contributed by atoms with Crippen LogP contribution in [0.4, 0.5) is 0 Å². The lowest BCUT2D eigenvalue weighted by Gasteiger charge is -2.36. The van der Waals surface area contributed by atoms with Gasteiger partial charge in [-0.05, 0) is 78.6 Å². The lowest BCUT2D eigenvalue weighted by Crippen LogP contribution is -2.48. The largest absolute Gasteiger partial charge is 0.456 e. The van der Waals surface area contributed by atoms with Gasteiger partial charge in [-0.15, -0.1) is 5.16 Å². The van der Waals surface area contributed by atoms with E-state index in [0.29, 0.717) is 13.0 Å². The first-order valence-electron chi connectivity index (χ1n) is 9.58. The molecule has 0 aliphatic rings. The van der Waals surface area contributed by atoms with Crippen molar-refractivity contribution in [2.45, 2.75) is 97.2 Å². The molecule has 0 spiro atoms. The monoisotopic (exact) mass is 437 g/mol. The molecule has 0 bridgehead atoms. The van der Waals surface area contributed by atoms with Gasteiger partial charge in [0.1, 0.15) is 0 Å². The Morgan fingerprint density at radius 2 is 1.12 bits per heavy atom. The molecule has 2 unspecified atom stereocenters. The molecular weight excluding hydrogens is 395 g/mol. The van der Waals surface area contributed by atoms with Crippen LogP contribution >= 0.6 is 0 Å². The maximum absolute atomic E-state index is 6.48. The molecule has 26 heavy (non-hydrogen) atoms. The molecule has 9 heteroatoms. The Balaban J connectivity index is 5.28. The molecule has 0 saturated carbocycles. The van der Waals surface area contributed by atoms with Gasteiger partial charge in [0.25, 0.3) is 8.32 Å². The fourth-order valence-corrected chi connectivity index (χ4v) is 5.42. The Hall–Kier alpha value is 0.218. The van der Waals surface area contributed by atoms with Crippen molar-refractivity contribution in [2.24, 2.45) is 5.16 Å². The molecule has 5 nitrogen and oxygen atoms in total. The topological polar surface area (TPSA) is 49.3 Å². The molecule has 156 valence electrons. The summed E-state index contributed by atoms with van der Waals surface area (Å²) in [5.74, 6) is 0. The Bertz CT molecular complexity index is 434. The van der Waals surface area contributed by atoms with Crippen LogP contribution in [-0.4, -0.2) is 58.3 Å². The minimum Gasteiger partial charge on any atom is -0.456 e. The summed E-state index contributed by atoms with van der Waals surface area (Å²) in [7, 11) is -6.74. The molecule has 0 aromatic rings. The fraction of sp³-hybridized carbons (Fsp3) is 0.941. The minimum atomic E-state index is -1.73. The van der Waals surface area contributed by atoms with Gasteiger partial charge in [-0.1, -0.05) is 0 Å². The summed E-state index contributed by atoms with van der Waals surface area (Å²) in [5.41, 5.74) is 0. The van der Waals surface area contributed by atoms with E-state index in [-0.39, 0.29) is 12.2 Å². The van der Waals surface area contributed by atoms with Crippen molar-refractivity contribution in [3.8, 4) is 0 Å². The van der Waals surface area contributed by atoms with Crippen molar-refractivity contribution < 1.29 is 17.8 Å². The van der Waals surface area contributed by atoms with Gasteiger partial charge in [-0.25, -0.2) is 0 Å². The van der Waals surface area contributed by atoms with Gasteiger partial charge >= 0.3 is 0 Å². The van der Waals surface area contributed by atoms with Crippen LogP contribution in [0.1, 0.15) is 6.42 Å². The van der Waals surface area contributed by atoms with Crippen LogP contribution in [0.2, 0.25) is 78.6 Å². The van der Waals surface area contributed by atoms with Gasteiger partial charge in [-0.2, -0.15) is 0 Å². The minimum absolute atomic E-state index is 0.0567. The van der Waals surface area contributed by atoms with Crippen LogP contribution in [0.25, 0.3) is 0 Å². The van der Waals surface area contributed by atoms with Crippen LogP contribution in [0.3, 0.4) is 0 Å². The highest BCUT2D eigenvalue weighted by molar-refractivity contribution is 6.71. The zero-order chi connectivity index (χ0) is 20.8. The van der Waals surface area contributed by atoms with Crippen molar-refractivity contribution in [1.82, 2.24) is 0 Å². The van der Waals surface area contributed by atoms with E-state index in [1.165, 1.54) is 0 Å². The Kier molecular flexibility index (Phi) is 10.2. The maximum Gasteiger partial charge on any atom is 0.278 e. The third-order valence-corrected chi connectivity index (χ3v) is 6.55. The second-order valence-corrected chi connectivity index (χ2v) is 28.5. The third kappa shape index (κ3) is 16.4. The summed E-state index contributed by atoms with van der Waals surface area (Å²) in [6.07, 6.45) is 2.40. The summed E-state index contributed by atoms with van der Waals surface area (Å²) in [5, 5.41) is 4.20. The fourth-order valence-electron chi connectivity index (χ4n) is 2.08. The molecule has 0 aromatic heterocycles. The van der Waals surface area contributed by atoms with Crippen LogP contribution in [0, 0.1) is 0 Å². The standard InChI is InChI=1S/C17H43NO4Si4/c1-23(2,3)19-15-17(21-25(7,8)9)16(20-24(4,5)6)13-14-18-22-26(10,11)12/h14,16-17H,13,15H2,1-12H3. The number of hydrogen-bond donors (Lipinski definition) is 0. The van der Waals surface area contributed by atoms with E-state index >= 15 is 0 Å². The smallest absolute Gasteiger partial charge is 0.278 e. The molecule has 0 aliphatic carbocycles. The number of oxime groups is 1. The van der Waals surface area contributed by atoms with E-state index in [1.54, 1.807) is 0 Å². The van der Waals surface area contributed by atoms with Gasteiger partial charge in [0.2, 0.25) is 0 Å². The highest BCUT2D eigenvalue weighted by atomic mass is 28.4. The normalized spacial score (nSPS) is 16.8. The highest BCUT2D eigenvalue weighted by Crippen LogP contribution is 2.20. The highest BCUT2D eigenvalue weighted by Gasteiger charge is 2.33. The van der Waals surface area contributed by atoms with Crippen molar-refractivity contribution >= 4 is 39.5 Å². The zero-order valence-corrected chi connectivity index (χ0v) is 23.2. The van der Waals surface area contributed by atoms with Crippen molar-refractivity contribution in [3.63, 3.8) is 0 Å². The second kappa shape index (κ2) is 10.1. The van der Waals surface area contributed by atoms with E-state index in [0.717, 1.165) is 0 Å². The van der Waals surface area contributed by atoms with Gasteiger partial charge < -0.3 is 17.8 Å². The van der Waals surface area contributed by atoms with Gasteiger partial charge in [0, 0.05) is 12.6 Å². The molecule has 0 aromatic carbocycles. The third-order valence-electron chi connectivity index (χ3n) is 2.84. The summed E-state index contributed by atoms with van der Waals surface area (Å²) in [4.78, 5) is 0. The SMILES string of the molecule is C[Si](C)(C)OCC(O[Si](C)(C)C)C(CC=NO[Si](C)(C)C)O[Si](C)(C)C. The molecule has 0 fully saturated rings. The van der Waals surface area contributed by atoms with E-state index in [2.05, 4.69) is 83.7 Å². The predicted octanol–water partition coefficient (Wildman–Crippen LogP) is 5.51. The van der Waals surface area contributed by atoms with Crippen molar-refractivity contribution in [2.75, 3.05) is 6.61 Å². The molecule has 2 atom stereocenters. The first-order valence-corrected chi connectivity index (χ1v) is 23.2. The number of nitrogens with zero attached hydrogens (tertiary/aromatic N) is 1. The van der Waals surface area contributed by atoms with Crippen LogP contribution in [0.5, 0.6) is 0 Å². The van der Waals surface area contributed by atoms with Crippen LogP contribution in [-0.2, 0) is 17.8 Å². The summed E-state index contributed by atoms with van der Waals surface area (Å²) < 4.78 is 24.8. The van der Waals surface area contributed by atoms with E-state index in [1.807, 2.05) is 6.21 Å². The predicted molar refractivity (Wildman–Crippen MR) is 123 cm³/mol. The number of rotatable bonds is 12. The molecule has 0 radical (unpaired) electrons. The Morgan fingerprint density at radius 1 is 0.654 bits per heavy atom. The quantitative estimate of drug-likeness (QED) is 0.229. The lowest BCUT2D eigenvalue weighted by molar-refractivity contribution is 0.0159. The molecular formula is C17H43NO4Si4. The molecule has 0 saturated heterocycles. The summed E-state index contributed by atoms with van der Waals surface area (Å²) in [6, 6.07) is 0. The van der Waals surface area contributed by atoms with Gasteiger partial charge in [0.05, 0.1) is 18.8 Å². The molecule has 0 aliphatic heterocycles.